The van der Waals surface area contributed by atoms with Crippen molar-refractivity contribution in [1.29, 1.82) is 0 Å². The predicted molar refractivity (Wildman–Crippen MR) is 72.4 cm³/mol. The zero-order valence-corrected chi connectivity index (χ0v) is 10.9. The Morgan fingerprint density at radius 1 is 1.40 bits per heavy atom. The summed E-state index contributed by atoms with van der Waals surface area (Å²) < 4.78 is 18.6. The second-order valence-corrected chi connectivity index (χ2v) is 4.98. The Hall–Kier alpha value is -2.30. The molecule has 0 spiro atoms. The summed E-state index contributed by atoms with van der Waals surface area (Å²) in [4.78, 5) is 14.3. The minimum absolute atomic E-state index is 0.190. The van der Waals surface area contributed by atoms with Crippen molar-refractivity contribution in [1.82, 2.24) is 4.90 Å². The number of amides is 1. The van der Waals surface area contributed by atoms with Gasteiger partial charge in [0.05, 0.1) is 18.4 Å². The van der Waals surface area contributed by atoms with E-state index < -0.39 is 5.82 Å². The van der Waals surface area contributed by atoms with Gasteiger partial charge in [0.15, 0.2) is 0 Å². The van der Waals surface area contributed by atoms with Crippen molar-refractivity contribution in [3.8, 4) is 0 Å². The Kier molecular flexibility index (Phi) is 3.18. The molecular formula is C15H15FN2O2. The summed E-state index contributed by atoms with van der Waals surface area (Å²) in [6.07, 6.45) is 3.49. The van der Waals surface area contributed by atoms with Crippen molar-refractivity contribution in [3.05, 3.63) is 53.7 Å². The molecule has 3 rings (SSSR count). The number of nitrogens with zero attached hydrogens (tertiary/aromatic N) is 1. The molecule has 2 aromatic rings. The van der Waals surface area contributed by atoms with E-state index in [1.165, 1.54) is 18.2 Å². The molecule has 5 heteroatoms. The maximum atomic E-state index is 13.3. The molecule has 1 amide bonds. The Bertz CT molecular complexity index is 621. The first kappa shape index (κ1) is 12.7. The highest BCUT2D eigenvalue weighted by atomic mass is 19.1. The van der Waals surface area contributed by atoms with E-state index in [1.807, 2.05) is 6.07 Å². The standard InChI is InChI=1S/C15H15FN2O2/c16-10-3-6-14(17)13(8-10)15(19)18(11-4-5-11)9-12-2-1-7-20-12/h1-3,6-8,11H,4-5,9,17H2. The second kappa shape index (κ2) is 5.00. The normalized spacial score (nSPS) is 14.2. The smallest absolute Gasteiger partial charge is 0.256 e. The molecule has 1 heterocycles. The predicted octanol–water partition coefficient (Wildman–Crippen LogP) is 2.81. The quantitative estimate of drug-likeness (QED) is 0.872. The molecular weight excluding hydrogens is 259 g/mol. The van der Waals surface area contributed by atoms with E-state index in [4.69, 9.17) is 10.2 Å². The van der Waals surface area contributed by atoms with E-state index in [9.17, 15) is 9.18 Å². The van der Waals surface area contributed by atoms with Crippen LogP contribution < -0.4 is 5.73 Å². The number of nitrogens with two attached hydrogens (primary N) is 1. The first-order valence-electron chi connectivity index (χ1n) is 6.53. The molecule has 1 aliphatic carbocycles. The van der Waals surface area contributed by atoms with Crippen LogP contribution in [0, 0.1) is 5.82 Å². The molecule has 0 unspecified atom stereocenters. The molecule has 1 aromatic carbocycles. The summed E-state index contributed by atoms with van der Waals surface area (Å²) in [6.45, 7) is 0.381. The average molecular weight is 274 g/mol. The summed E-state index contributed by atoms with van der Waals surface area (Å²) in [6, 6.07) is 7.64. The number of carbonyl (C=O) groups is 1. The van der Waals surface area contributed by atoms with Gasteiger partial charge in [-0.3, -0.25) is 4.79 Å². The lowest BCUT2D eigenvalue weighted by Crippen LogP contribution is -2.33. The van der Waals surface area contributed by atoms with Crippen molar-refractivity contribution in [3.63, 3.8) is 0 Å². The Balaban J connectivity index is 1.87. The number of carbonyl (C=O) groups excluding carboxylic acids is 1. The summed E-state index contributed by atoms with van der Waals surface area (Å²) in [5, 5.41) is 0. The third-order valence-corrected chi connectivity index (χ3v) is 3.40. The van der Waals surface area contributed by atoms with Crippen molar-refractivity contribution in [2.45, 2.75) is 25.4 Å². The SMILES string of the molecule is Nc1ccc(F)cc1C(=O)N(Cc1ccco1)C1CC1. The topological polar surface area (TPSA) is 59.5 Å². The molecule has 0 radical (unpaired) electrons. The van der Waals surface area contributed by atoms with Gasteiger partial charge >= 0.3 is 0 Å². The van der Waals surface area contributed by atoms with E-state index in [2.05, 4.69) is 0 Å². The highest BCUT2D eigenvalue weighted by Gasteiger charge is 2.34. The number of benzene rings is 1. The highest BCUT2D eigenvalue weighted by molar-refractivity contribution is 5.99. The molecule has 0 atom stereocenters. The van der Waals surface area contributed by atoms with Gasteiger partial charge in [0.1, 0.15) is 11.6 Å². The molecule has 2 N–H and O–H groups in total. The van der Waals surface area contributed by atoms with Gasteiger partial charge in [-0.15, -0.1) is 0 Å². The summed E-state index contributed by atoms with van der Waals surface area (Å²) in [7, 11) is 0. The molecule has 1 saturated carbocycles. The van der Waals surface area contributed by atoms with Crippen LogP contribution in [0.2, 0.25) is 0 Å². The van der Waals surface area contributed by atoms with E-state index in [-0.39, 0.29) is 17.5 Å². The van der Waals surface area contributed by atoms with Crippen molar-refractivity contribution in [2.24, 2.45) is 0 Å². The zero-order chi connectivity index (χ0) is 14.1. The van der Waals surface area contributed by atoms with Crippen LogP contribution >= 0.6 is 0 Å². The number of halogens is 1. The molecule has 0 saturated heterocycles. The molecule has 0 bridgehead atoms. The average Bonchev–Trinajstić information content (AvgIpc) is 3.15. The number of nitrogen functional groups attached to an aromatic ring is 1. The second-order valence-electron chi connectivity index (χ2n) is 4.98. The van der Waals surface area contributed by atoms with Gasteiger partial charge in [0.25, 0.3) is 5.91 Å². The first-order chi connectivity index (χ1) is 9.65. The van der Waals surface area contributed by atoms with Gasteiger partial charge in [-0.2, -0.15) is 0 Å². The monoisotopic (exact) mass is 274 g/mol. The van der Waals surface area contributed by atoms with Crippen LogP contribution in [0.3, 0.4) is 0 Å². The number of hydrogen-bond acceptors (Lipinski definition) is 3. The van der Waals surface area contributed by atoms with Crippen LogP contribution in [-0.2, 0) is 6.54 Å². The van der Waals surface area contributed by atoms with Crippen LogP contribution in [0.25, 0.3) is 0 Å². The fraction of sp³-hybridized carbons (Fsp3) is 0.267. The summed E-state index contributed by atoms with van der Waals surface area (Å²) in [5.41, 5.74) is 6.29. The van der Waals surface area contributed by atoms with E-state index in [0.29, 0.717) is 18.0 Å². The van der Waals surface area contributed by atoms with E-state index >= 15 is 0 Å². The lowest BCUT2D eigenvalue weighted by Gasteiger charge is -2.22. The Morgan fingerprint density at radius 3 is 2.85 bits per heavy atom. The number of anilines is 1. The minimum Gasteiger partial charge on any atom is -0.467 e. The van der Waals surface area contributed by atoms with Crippen LogP contribution in [0.4, 0.5) is 10.1 Å². The van der Waals surface area contributed by atoms with Gasteiger partial charge in [-0.1, -0.05) is 0 Å². The Morgan fingerprint density at radius 2 is 2.20 bits per heavy atom. The fourth-order valence-corrected chi connectivity index (χ4v) is 2.19. The van der Waals surface area contributed by atoms with Crippen LogP contribution in [0.5, 0.6) is 0 Å². The molecule has 4 nitrogen and oxygen atoms in total. The van der Waals surface area contributed by atoms with Gasteiger partial charge in [-0.05, 0) is 43.2 Å². The molecule has 1 fully saturated rings. The Labute approximate surface area is 116 Å². The van der Waals surface area contributed by atoms with E-state index in [1.54, 1.807) is 17.2 Å². The summed E-state index contributed by atoms with van der Waals surface area (Å²) in [5.74, 6) is -0.00239. The maximum absolute atomic E-state index is 13.3. The van der Waals surface area contributed by atoms with Crippen molar-refractivity contribution in [2.75, 3.05) is 5.73 Å². The fourth-order valence-electron chi connectivity index (χ4n) is 2.19. The highest BCUT2D eigenvalue weighted by Crippen LogP contribution is 2.31. The van der Waals surface area contributed by atoms with Gasteiger partial charge in [-0.25, -0.2) is 4.39 Å². The van der Waals surface area contributed by atoms with Gasteiger partial charge in [0, 0.05) is 11.7 Å². The third-order valence-electron chi connectivity index (χ3n) is 3.40. The maximum Gasteiger partial charge on any atom is 0.256 e. The lowest BCUT2D eigenvalue weighted by atomic mass is 10.1. The molecule has 1 aromatic heterocycles. The van der Waals surface area contributed by atoms with E-state index in [0.717, 1.165) is 12.8 Å². The van der Waals surface area contributed by atoms with Gasteiger partial charge < -0.3 is 15.1 Å². The largest absolute Gasteiger partial charge is 0.467 e. The third kappa shape index (κ3) is 2.52. The van der Waals surface area contributed by atoms with Crippen LogP contribution in [-0.4, -0.2) is 16.8 Å². The number of rotatable bonds is 4. The zero-order valence-electron chi connectivity index (χ0n) is 10.9. The first-order valence-corrected chi connectivity index (χ1v) is 6.53. The minimum atomic E-state index is -0.462. The van der Waals surface area contributed by atoms with Crippen molar-refractivity contribution < 1.29 is 13.6 Å². The van der Waals surface area contributed by atoms with Gasteiger partial charge in [0.2, 0.25) is 0 Å². The van der Waals surface area contributed by atoms with Crippen LogP contribution in [0.15, 0.2) is 41.0 Å². The number of hydrogen-bond donors (Lipinski definition) is 1. The molecule has 0 aliphatic heterocycles. The van der Waals surface area contributed by atoms with Crippen molar-refractivity contribution >= 4 is 11.6 Å². The molecule has 1 aliphatic rings. The number of furan rings is 1. The molecule has 104 valence electrons. The lowest BCUT2D eigenvalue weighted by molar-refractivity contribution is 0.0718. The summed E-state index contributed by atoms with van der Waals surface area (Å²) >= 11 is 0. The molecule has 20 heavy (non-hydrogen) atoms. The van der Waals surface area contributed by atoms with Crippen LogP contribution in [0.1, 0.15) is 29.0 Å².